The molecule has 0 spiro atoms. The lowest BCUT2D eigenvalue weighted by Crippen LogP contribution is -2.61. The van der Waals surface area contributed by atoms with E-state index >= 15 is 0 Å². The van der Waals surface area contributed by atoms with Crippen molar-refractivity contribution >= 4 is 5.97 Å². The molecule has 3 rings (SSSR count). The summed E-state index contributed by atoms with van der Waals surface area (Å²) in [4.78, 5) is 18.3. The van der Waals surface area contributed by atoms with Gasteiger partial charge in [-0.1, -0.05) is 27.2 Å². The van der Waals surface area contributed by atoms with Crippen LogP contribution in [-0.2, 0) is 38.0 Å². The highest BCUT2D eigenvalue weighted by Gasteiger charge is 2.52. The van der Waals surface area contributed by atoms with Crippen LogP contribution in [0.1, 0.15) is 101 Å². The van der Waals surface area contributed by atoms with E-state index in [0.29, 0.717) is 25.8 Å². The zero-order valence-electron chi connectivity index (χ0n) is 34.6. The first-order valence-corrected chi connectivity index (χ1v) is 19.6. The van der Waals surface area contributed by atoms with Gasteiger partial charge in [0.25, 0.3) is 0 Å². The molecule has 1 unspecified atom stereocenters. The smallest absolute Gasteiger partial charge is 0.311 e. The Morgan fingerprint density at radius 3 is 2.13 bits per heavy atom. The van der Waals surface area contributed by atoms with Crippen molar-refractivity contribution in [3.8, 4) is 0 Å². The van der Waals surface area contributed by atoms with Gasteiger partial charge in [-0.25, -0.2) is 0 Å². The number of hydrogen-bond acceptors (Lipinski definition) is 13. The van der Waals surface area contributed by atoms with Crippen LogP contribution in [0.5, 0.6) is 0 Å². The lowest BCUT2D eigenvalue weighted by molar-refractivity contribution is -0.319. The number of carbonyl (C=O) groups is 1. The third-order valence-corrected chi connectivity index (χ3v) is 12.4. The summed E-state index contributed by atoms with van der Waals surface area (Å²) in [6.45, 7) is 17.8. The van der Waals surface area contributed by atoms with E-state index in [1.807, 2.05) is 67.6 Å². The average Bonchev–Trinajstić information content (AvgIpc) is 3.09. The summed E-state index contributed by atoms with van der Waals surface area (Å²) in [7, 11) is 8.97. The highest BCUT2D eigenvalue weighted by molar-refractivity contribution is 5.73. The molecule has 3 aliphatic heterocycles. The molecule has 13 heteroatoms. The molecule has 306 valence electrons. The van der Waals surface area contributed by atoms with Gasteiger partial charge in [-0.05, 0) is 94.3 Å². The van der Waals surface area contributed by atoms with Gasteiger partial charge in [-0.15, -0.1) is 0 Å². The number of cyclic esters (lactones) is 1. The van der Waals surface area contributed by atoms with Crippen molar-refractivity contribution in [1.82, 2.24) is 9.80 Å². The SMILES string of the molecule is CCCC[C@@H]1CN(C)[C@@H](C)[C@@H](O)[C@H](C)C[C@](C)(OC)[C@H](O[C@@H]2O[C@H](C)C[C@H](N(C)C)[C@H]2O)[C@@H](C)[C@H](OC2C[C@@](C)(OC)[C@@H](O)[C@H](C)O2)[C@@H](C)C(=O)O1. The van der Waals surface area contributed by atoms with Crippen molar-refractivity contribution in [2.75, 3.05) is 41.9 Å². The number of unbranched alkanes of at least 4 members (excludes halogenated alkanes) is 1. The Kier molecular flexibility index (Phi) is 16.8. The fourth-order valence-corrected chi connectivity index (χ4v) is 8.59. The molecule has 0 aromatic carbocycles. The van der Waals surface area contributed by atoms with Crippen molar-refractivity contribution in [3.63, 3.8) is 0 Å². The zero-order chi connectivity index (χ0) is 39.3. The van der Waals surface area contributed by atoms with E-state index in [1.54, 1.807) is 28.1 Å². The number of carbonyl (C=O) groups excluding carboxylic acids is 1. The summed E-state index contributed by atoms with van der Waals surface area (Å²) in [6.07, 6.45) is -3.56. The van der Waals surface area contributed by atoms with E-state index in [4.69, 9.17) is 33.2 Å². The average molecular weight is 747 g/mol. The maximum Gasteiger partial charge on any atom is 0.311 e. The summed E-state index contributed by atoms with van der Waals surface area (Å²) in [6, 6.07) is -0.460. The van der Waals surface area contributed by atoms with Gasteiger partial charge in [0.15, 0.2) is 12.6 Å². The maximum atomic E-state index is 14.3. The Morgan fingerprint density at radius 2 is 1.56 bits per heavy atom. The second-order valence-corrected chi connectivity index (χ2v) is 16.9. The third kappa shape index (κ3) is 10.7. The minimum absolute atomic E-state index is 0.197. The van der Waals surface area contributed by atoms with Crippen LogP contribution in [0.3, 0.4) is 0 Å². The number of aliphatic hydroxyl groups is 3. The number of methoxy groups -OCH3 is 2. The Morgan fingerprint density at radius 1 is 0.923 bits per heavy atom. The topological polar surface area (TPSA) is 149 Å². The van der Waals surface area contributed by atoms with Gasteiger partial charge >= 0.3 is 5.97 Å². The van der Waals surface area contributed by atoms with Crippen LogP contribution in [0.4, 0.5) is 0 Å². The number of nitrogens with zero attached hydrogens (tertiary/aromatic N) is 2. The fraction of sp³-hybridized carbons (Fsp3) is 0.974. The quantitative estimate of drug-likeness (QED) is 0.280. The number of esters is 1. The van der Waals surface area contributed by atoms with Gasteiger partial charge < -0.3 is 53.4 Å². The Hall–Kier alpha value is -0.970. The van der Waals surface area contributed by atoms with Crippen LogP contribution in [0.2, 0.25) is 0 Å². The third-order valence-electron chi connectivity index (χ3n) is 12.4. The number of aliphatic hydroxyl groups excluding tert-OH is 3. The summed E-state index contributed by atoms with van der Waals surface area (Å²) < 4.78 is 44.8. The summed E-state index contributed by atoms with van der Waals surface area (Å²) >= 11 is 0. The van der Waals surface area contributed by atoms with E-state index < -0.39 is 84.3 Å². The molecule has 17 atom stereocenters. The molecule has 3 saturated heterocycles. The minimum Gasteiger partial charge on any atom is -0.461 e. The Balaban J connectivity index is 2.18. The zero-order valence-corrected chi connectivity index (χ0v) is 34.6. The molecule has 3 fully saturated rings. The summed E-state index contributed by atoms with van der Waals surface area (Å²) in [5.41, 5.74) is -2.00. The second-order valence-electron chi connectivity index (χ2n) is 16.9. The first kappa shape index (κ1) is 45.4. The molecular weight excluding hydrogens is 672 g/mol. The predicted octanol–water partition coefficient (Wildman–Crippen LogP) is 3.58. The molecule has 0 aromatic rings. The monoisotopic (exact) mass is 747 g/mol. The lowest BCUT2D eigenvalue weighted by Gasteiger charge is -2.50. The predicted molar refractivity (Wildman–Crippen MR) is 198 cm³/mol. The van der Waals surface area contributed by atoms with Crippen LogP contribution in [0, 0.1) is 17.8 Å². The molecule has 0 radical (unpaired) electrons. The highest BCUT2D eigenvalue weighted by atomic mass is 16.7. The van der Waals surface area contributed by atoms with Gasteiger partial charge in [0, 0.05) is 45.2 Å². The second kappa shape index (κ2) is 19.3. The molecule has 3 N–H and O–H groups in total. The van der Waals surface area contributed by atoms with Gasteiger partial charge in [0.1, 0.15) is 18.3 Å². The van der Waals surface area contributed by atoms with E-state index in [9.17, 15) is 20.1 Å². The largest absolute Gasteiger partial charge is 0.461 e. The van der Waals surface area contributed by atoms with Crippen LogP contribution in [0.15, 0.2) is 0 Å². The van der Waals surface area contributed by atoms with Crippen LogP contribution in [0.25, 0.3) is 0 Å². The first-order valence-electron chi connectivity index (χ1n) is 19.6. The molecule has 0 bridgehead atoms. The fourth-order valence-electron chi connectivity index (χ4n) is 8.59. The van der Waals surface area contributed by atoms with Crippen LogP contribution in [-0.4, -0.2) is 158 Å². The Labute approximate surface area is 313 Å². The van der Waals surface area contributed by atoms with E-state index in [1.165, 1.54) is 0 Å². The summed E-state index contributed by atoms with van der Waals surface area (Å²) in [5.74, 6) is -2.02. The summed E-state index contributed by atoms with van der Waals surface area (Å²) in [5, 5.41) is 34.3. The molecule has 0 aromatic heterocycles. The van der Waals surface area contributed by atoms with Gasteiger partial charge in [-0.2, -0.15) is 0 Å². The van der Waals surface area contributed by atoms with Crippen molar-refractivity contribution in [1.29, 1.82) is 0 Å². The Bertz CT molecular complexity index is 1100. The molecule has 13 nitrogen and oxygen atoms in total. The van der Waals surface area contributed by atoms with E-state index in [0.717, 1.165) is 12.8 Å². The minimum atomic E-state index is -1.05. The molecule has 0 amide bonds. The van der Waals surface area contributed by atoms with Crippen molar-refractivity contribution in [3.05, 3.63) is 0 Å². The van der Waals surface area contributed by atoms with E-state index in [-0.39, 0.29) is 30.5 Å². The van der Waals surface area contributed by atoms with Gasteiger partial charge in [0.05, 0.1) is 47.6 Å². The lowest BCUT2D eigenvalue weighted by atomic mass is 9.76. The molecule has 0 saturated carbocycles. The van der Waals surface area contributed by atoms with E-state index in [2.05, 4.69) is 11.8 Å². The number of likely N-dealkylation sites (N-methyl/N-ethyl adjacent to an activating group) is 2. The van der Waals surface area contributed by atoms with Crippen molar-refractivity contribution < 1.29 is 53.3 Å². The highest BCUT2D eigenvalue weighted by Crippen LogP contribution is 2.41. The number of hydrogen-bond donors (Lipinski definition) is 3. The van der Waals surface area contributed by atoms with Crippen LogP contribution < -0.4 is 0 Å². The van der Waals surface area contributed by atoms with Crippen molar-refractivity contribution in [2.45, 2.75) is 186 Å². The number of ether oxygens (including phenoxy) is 7. The molecule has 52 heavy (non-hydrogen) atoms. The molecular formula is C39H74N2O11. The normalized spacial score (nSPS) is 46.5. The van der Waals surface area contributed by atoms with Crippen LogP contribution >= 0.6 is 0 Å². The standard InChI is InChI=1S/C39H74N2O11/c1-15-16-17-28-21-41(12)26(6)31(42)22(2)19-39(9,47-14)35(52-37-32(43)29(40(10)11)18-23(3)48-37)24(4)33(25(5)36(45)50-28)51-30-20-38(8,46-13)34(44)27(7)49-30/h22-35,37,42-44H,15-21H2,1-14H3/t22-,23-,24+,25-,26+,27+,28-,29+,30?,31+,32-,33+,34+,35-,37+,38-,39+/m1/s1. The number of rotatable bonds is 10. The molecule has 3 heterocycles. The molecule has 3 aliphatic rings. The first-order chi connectivity index (χ1) is 24.2. The van der Waals surface area contributed by atoms with Crippen molar-refractivity contribution in [2.24, 2.45) is 17.8 Å². The maximum absolute atomic E-state index is 14.3. The van der Waals surface area contributed by atoms with Gasteiger partial charge in [0.2, 0.25) is 0 Å². The van der Waals surface area contributed by atoms with Gasteiger partial charge in [-0.3, -0.25) is 9.69 Å². The molecule has 0 aliphatic carbocycles.